The highest BCUT2D eigenvalue weighted by molar-refractivity contribution is 5.95. The Kier molecular flexibility index (Phi) is 5.21. The molecule has 0 spiro atoms. The average Bonchev–Trinajstić information content (AvgIpc) is 3.14. The van der Waals surface area contributed by atoms with Crippen LogP contribution < -0.4 is 10.1 Å². The van der Waals surface area contributed by atoms with E-state index in [1.54, 1.807) is 24.2 Å². The number of carbonyl (C=O) groups is 1. The number of hydrogen-bond donors (Lipinski definition) is 1. The van der Waals surface area contributed by atoms with Crippen LogP contribution in [0.4, 0.5) is 0 Å². The van der Waals surface area contributed by atoms with E-state index in [1.807, 2.05) is 32.0 Å². The zero-order chi connectivity index (χ0) is 18.5. The number of amides is 1. The molecule has 0 aliphatic rings. The van der Waals surface area contributed by atoms with Crippen molar-refractivity contribution in [3.05, 3.63) is 54.5 Å². The van der Waals surface area contributed by atoms with E-state index in [0.717, 1.165) is 16.8 Å². The molecule has 0 aliphatic carbocycles. The first-order valence-corrected chi connectivity index (χ1v) is 8.17. The molecule has 1 N–H and O–H groups in total. The van der Waals surface area contributed by atoms with E-state index in [-0.39, 0.29) is 11.9 Å². The van der Waals surface area contributed by atoms with Crippen LogP contribution in [-0.4, -0.2) is 43.8 Å². The molecule has 0 radical (unpaired) electrons. The Morgan fingerprint density at radius 3 is 2.88 bits per heavy atom. The summed E-state index contributed by atoms with van der Waals surface area (Å²) in [4.78, 5) is 24.9. The summed E-state index contributed by atoms with van der Waals surface area (Å²) in [5, 5.41) is 7.01. The zero-order valence-corrected chi connectivity index (χ0v) is 14.9. The van der Waals surface area contributed by atoms with Crippen molar-refractivity contribution in [2.24, 2.45) is 0 Å². The highest BCUT2D eigenvalue weighted by Crippen LogP contribution is 2.30. The summed E-state index contributed by atoms with van der Waals surface area (Å²) < 4.78 is 7.01. The number of benzene rings is 1. The second-order valence-corrected chi connectivity index (χ2v) is 5.92. The smallest absolute Gasteiger partial charge is 0.251 e. The van der Waals surface area contributed by atoms with E-state index in [4.69, 9.17) is 4.74 Å². The van der Waals surface area contributed by atoms with Gasteiger partial charge >= 0.3 is 0 Å². The van der Waals surface area contributed by atoms with E-state index in [9.17, 15) is 4.79 Å². The van der Waals surface area contributed by atoms with Gasteiger partial charge < -0.3 is 10.1 Å². The van der Waals surface area contributed by atoms with Crippen LogP contribution in [0.3, 0.4) is 0 Å². The summed E-state index contributed by atoms with van der Waals surface area (Å²) in [6.07, 6.45) is 4.55. The number of rotatable bonds is 6. The molecule has 134 valence electrons. The van der Waals surface area contributed by atoms with Gasteiger partial charge in [0, 0.05) is 11.6 Å². The van der Waals surface area contributed by atoms with Crippen LogP contribution in [0.5, 0.6) is 5.88 Å². The van der Waals surface area contributed by atoms with Gasteiger partial charge in [0.25, 0.3) is 5.91 Å². The second kappa shape index (κ2) is 7.73. The molecular formula is C18H20N6O2. The Bertz CT molecular complexity index is 894. The van der Waals surface area contributed by atoms with Crippen molar-refractivity contribution in [3.63, 3.8) is 0 Å². The number of ether oxygens (including phenoxy) is 1. The summed E-state index contributed by atoms with van der Waals surface area (Å²) in [7, 11) is 1.56. The van der Waals surface area contributed by atoms with E-state index >= 15 is 0 Å². The van der Waals surface area contributed by atoms with Crippen LogP contribution in [-0.2, 0) is 6.54 Å². The fourth-order valence-corrected chi connectivity index (χ4v) is 2.72. The van der Waals surface area contributed by atoms with Crippen molar-refractivity contribution >= 4 is 5.91 Å². The Balaban J connectivity index is 1.80. The molecule has 0 saturated carbocycles. The average molecular weight is 352 g/mol. The van der Waals surface area contributed by atoms with Crippen molar-refractivity contribution in [1.82, 2.24) is 30.0 Å². The van der Waals surface area contributed by atoms with Crippen molar-refractivity contribution < 1.29 is 9.53 Å². The molecule has 8 nitrogen and oxygen atoms in total. The molecule has 0 fully saturated rings. The van der Waals surface area contributed by atoms with Crippen molar-refractivity contribution in [2.45, 2.75) is 26.4 Å². The van der Waals surface area contributed by atoms with Gasteiger partial charge in [-0.1, -0.05) is 12.1 Å². The highest BCUT2D eigenvalue weighted by atomic mass is 16.5. The van der Waals surface area contributed by atoms with E-state index in [1.165, 1.54) is 12.7 Å². The number of nitrogens with zero attached hydrogens (tertiary/aromatic N) is 5. The maximum atomic E-state index is 12.6. The maximum Gasteiger partial charge on any atom is 0.251 e. The fraction of sp³-hybridized carbons (Fsp3) is 0.278. The normalized spacial score (nSPS) is 11.8. The summed E-state index contributed by atoms with van der Waals surface area (Å²) in [6, 6.07) is 7.23. The lowest BCUT2D eigenvalue weighted by atomic mass is 10.0. The Morgan fingerprint density at radius 1 is 1.31 bits per heavy atom. The third-order valence-electron chi connectivity index (χ3n) is 3.91. The fourth-order valence-electron chi connectivity index (χ4n) is 2.72. The van der Waals surface area contributed by atoms with E-state index in [0.29, 0.717) is 18.0 Å². The maximum absolute atomic E-state index is 12.6. The largest absolute Gasteiger partial charge is 0.480 e. The van der Waals surface area contributed by atoms with E-state index < -0.39 is 0 Å². The molecule has 26 heavy (non-hydrogen) atoms. The summed E-state index contributed by atoms with van der Waals surface area (Å²) in [5.74, 6) is 0.322. The number of carbonyl (C=O) groups excluding carboxylic acids is 1. The van der Waals surface area contributed by atoms with E-state index in [2.05, 4.69) is 25.4 Å². The van der Waals surface area contributed by atoms with Gasteiger partial charge in [0.05, 0.1) is 24.9 Å². The van der Waals surface area contributed by atoms with Crippen LogP contribution in [0.15, 0.2) is 43.2 Å². The molecule has 3 aromatic rings. The van der Waals surface area contributed by atoms with Gasteiger partial charge in [-0.25, -0.2) is 15.0 Å². The summed E-state index contributed by atoms with van der Waals surface area (Å²) >= 11 is 0. The van der Waals surface area contributed by atoms with Gasteiger partial charge in [0.15, 0.2) is 0 Å². The third-order valence-corrected chi connectivity index (χ3v) is 3.91. The number of aryl methyl sites for hydroxylation is 1. The van der Waals surface area contributed by atoms with Crippen LogP contribution in [0, 0.1) is 6.92 Å². The molecule has 0 aliphatic heterocycles. The molecular weight excluding hydrogens is 332 g/mol. The third kappa shape index (κ3) is 3.85. The number of methoxy groups -OCH3 is 1. The molecule has 0 saturated heterocycles. The molecule has 0 bridgehead atoms. The van der Waals surface area contributed by atoms with Gasteiger partial charge in [-0.2, -0.15) is 5.10 Å². The number of aromatic nitrogens is 5. The lowest BCUT2D eigenvalue weighted by molar-refractivity contribution is 0.0936. The van der Waals surface area contributed by atoms with Crippen LogP contribution >= 0.6 is 0 Å². The topological polar surface area (TPSA) is 94.8 Å². The Hall–Kier alpha value is -3.29. The first-order valence-electron chi connectivity index (χ1n) is 8.17. The first kappa shape index (κ1) is 17.5. The Morgan fingerprint density at radius 2 is 2.15 bits per heavy atom. The van der Waals surface area contributed by atoms with Crippen molar-refractivity contribution in [1.29, 1.82) is 0 Å². The van der Waals surface area contributed by atoms with Gasteiger partial charge in [0.1, 0.15) is 19.0 Å². The number of nitrogens with one attached hydrogen (secondary N) is 1. The molecule has 2 heterocycles. The molecule has 3 rings (SSSR count). The Labute approximate surface area is 151 Å². The molecule has 0 unspecified atom stereocenters. The van der Waals surface area contributed by atoms with Crippen LogP contribution in [0.2, 0.25) is 0 Å². The summed E-state index contributed by atoms with van der Waals surface area (Å²) in [6.45, 7) is 4.35. The number of hydrogen-bond acceptors (Lipinski definition) is 6. The zero-order valence-electron chi connectivity index (χ0n) is 14.9. The monoisotopic (exact) mass is 352 g/mol. The molecule has 8 heteroatoms. The predicted octanol–water partition coefficient (Wildman–Crippen LogP) is 1.87. The molecule has 1 atom stereocenters. The lowest BCUT2D eigenvalue weighted by Gasteiger charge is -2.15. The minimum absolute atomic E-state index is 0.0933. The highest BCUT2D eigenvalue weighted by Gasteiger charge is 2.15. The summed E-state index contributed by atoms with van der Waals surface area (Å²) in [5.41, 5.74) is 2.95. The predicted molar refractivity (Wildman–Crippen MR) is 95.7 cm³/mol. The minimum Gasteiger partial charge on any atom is -0.480 e. The van der Waals surface area contributed by atoms with Crippen molar-refractivity contribution in [2.75, 3.05) is 7.11 Å². The first-order chi connectivity index (χ1) is 12.6. The van der Waals surface area contributed by atoms with Crippen LogP contribution in [0.1, 0.15) is 23.0 Å². The van der Waals surface area contributed by atoms with Gasteiger partial charge in [-0.05, 0) is 31.5 Å². The molecule has 1 amide bonds. The van der Waals surface area contributed by atoms with Crippen molar-refractivity contribution in [3.8, 4) is 17.0 Å². The molecule has 1 aromatic carbocycles. The van der Waals surface area contributed by atoms with Gasteiger partial charge in [0.2, 0.25) is 5.88 Å². The lowest BCUT2D eigenvalue weighted by Crippen LogP contribution is -2.35. The van der Waals surface area contributed by atoms with Crippen LogP contribution in [0.25, 0.3) is 11.1 Å². The minimum atomic E-state index is -0.159. The van der Waals surface area contributed by atoms with Gasteiger partial charge in [-0.3, -0.25) is 9.48 Å². The standard InChI is InChI=1S/C18H20N6O2/c1-12(8-24-11-19-9-22-24)23-17(25)15-6-4-5-14(7-15)16-13(2)20-10-21-18(16)26-3/h4-7,9-12H,8H2,1-3H3,(H,23,25)/t12-/m1/s1. The second-order valence-electron chi connectivity index (χ2n) is 5.92. The SMILES string of the molecule is COc1ncnc(C)c1-c1cccc(C(=O)N[C@H](C)Cn2cncn2)c1. The van der Waals surface area contributed by atoms with Gasteiger partial charge in [-0.15, -0.1) is 0 Å². The quantitative estimate of drug-likeness (QED) is 0.728. The molecule has 2 aromatic heterocycles.